The Morgan fingerprint density at radius 3 is 2.36 bits per heavy atom. The van der Waals surface area contributed by atoms with Gasteiger partial charge in [-0.1, -0.05) is 6.08 Å². The molecule has 0 aromatic rings. The van der Waals surface area contributed by atoms with Crippen LogP contribution in [0.5, 0.6) is 0 Å². The van der Waals surface area contributed by atoms with E-state index in [4.69, 9.17) is 0 Å². The monoisotopic (exact) mass is 194 g/mol. The lowest BCUT2D eigenvalue weighted by molar-refractivity contribution is 0.153. The molecule has 2 aliphatic heterocycles. The van der Waals surface area contributed by atoms with E-state index in [0.29, 0.717) is 0 Å². The third kappa shape index (κ3) is 1.81. The van der Waals surface area contributed by atoms with Gasteiger partial charge in [-0.05, 0) is 46.6 Å². The van der Waals surface area contributed by atoms with Crippen LogP contribution in [0.4, 0.5) is 0 Å². The second-order valence-corrected chi connectivity index (χ2v) is 4.83. The number of hydrogen-bond acceptors (Lipinski definition) is 2. The molecular formula is C12H22N2. The highest BCUT2D eigenvalue weighted by atomic mass is 15.2. The van der Waals surface area contributed by atoms with Gasteiger partial charge in [0.15, 0.2) is 0 Å². The third-order valence-electron chi connectivity index (χ3n) is 3.96. The van der Waals surface area contributed by atoms with Crippen LogP contribution in [0.2, 0.25) is 0 Å². The van der Waals surface area contributed by atoms with Crippen LogP contribution in [-0.2, 0) is 0 Å². The first kappa shape index (κ1) is 10.0. The maximum Gasteiger partial charge on any atom is 0.0287 e. The minimum Gasteiger partial charge on any atom is -0.386 e. The van der Waals surface area contributed by atoms with Gasteiger partial charge in [0.1, 0.15) is 0 Å². The molecule has 80 valence electrons. The van der Waals surface area contributed by atoms with Gasteiger partial charge in [0.2, 0.25) is 0 Å². The lowest BCUT2D eigenvalue weighted by atomic mass is 9.98. The van der Waals surface area contributed by atoms with E-state index in [0.717, 1.165) is 18.1 Å². The maximum absolute atomic E-state index is 3.62. The molecule has 2 nitrogen and oxygen atoms in total. The van der Waals surface area contributed by atoms with Crippen molar-refractivity contribution in [3.8, 4) is 0 Å². The number of hydrogen-bond donors (Lipinski definition) is 1. The van der Waals surface area contributed by atoms with Gasteiger partial charge in [-0.15, -0.1) is 0 Å². The zero-order valence-electron chi connectivity index (χ0n) is 9.59. The molecule has 2 aliphatic rings. The van der Waals surface area contributed by atoms with E-state index in [1.807, 2.05) is 0 Å². The number of fused-ring (bicyclic) bond motifs is 2. The quantitative estimate of drug-likeness (QED) is 0.724. The summed E-state index contributed by atoms with van der Waals surface area (Å²) in [5.74, 6) is 0. The van der Waals surface area contributed by atoms with Crippen LogP contribution in [0.3, 0.4) is 0 Å². The van der Waals surface area contributed by atoms with Gasteiger partial charge in [-0.3, -0.25) is 0 Å². The molecule has 2 unspecified atom stereocenters. The van der Waals surface area contributed by atoms with Gasteiger partial charge in [-0.25, -0.2) is 0 Å². The van der Waals surface area contributed by atoms with Crippen LogP contribution in [-0.4, -0.2) is 30.1 Å². The second kappa shape index (κ2) is 3.93. The zero-order chi connectivity index (χ0) is 10.1. The minimum atomic E-state index is 0.722. The van der Waals surface area contributed by atoms with Crippen LogP contribution in [0.15, 0.2) is 11.8 Å². The van der Waals surface area contributed by atoms with Crippen LogP contribution in [0.1, 0.15) is 39.5 Å². The van der Waals surface area contributed by atoms with Gasteiger partial charge in [0, 0.05) is 23.8 Å². The Morgan fingerprint density at radius 1 is 1.29 bits per heavy atom. The Morgan fingerprint density at radius 2 is 1.86 bits per heavy atom. The van der Waals surface area contributed by atoms with E-state index in [1.165, 1.54) is 31.4 Å². The fraction of sp³-hybridized carbons (Fsp3) is 0.833. The summed E-state index contributed by atoms with van der Waals surface area (Å²) in [7, 11) is 2.29. The molecule has 0 radical (unpaired) electrons. The van der Waals surface area contributed by atoms with E-state index in [9.17, 15) is 0 Å². The topological polar surface area (TPSA) is 15.3 Å². The molecule has 0 saturated carbocycles. The Bertz CT molecular complexity index is 220. The van der Waals surface area contributed by atoms with Crippen molar-refractivity contribution >= 4 is 0 Å². The fourth-order valence-corrected chi connectivity index (χ4v) is 2.93. The van der Waals surface area contributed by atoms with E-state index in [1.54, 1.807) is 0 Å². The summed E-state index contributed by atoms with van der Waals surface area (Å²) in [4.78, 5) is 2.59. The lowest BCUT2D eigenvalue weighted by Gasteiger charge is -2.37. The van der Waals surface area contributed by atoms with Gasteiger partial charge < -0.3 is 10.2 Å². The van der Waals surface area contributed by atoms with E-state index >= 15 is 0 Å². The molecule has 1 N–H and O–H groups in total. The number of rotatable bonds is 2. The smallest absolute Gasteiger partial charge is 0.0287 e. The minimum absolute atomic E-state index is 0.722. The average molecular weight is 194 g/mol. The zero-order valence-corrected chi connectivity index (χ0v) is 9.59. The Kier molecular flexibility index (Phi) is 2.82. The van der Waals surface area contributed by atoms with Crippen molar-refractivity contribution in [3.05, 3.63) is 11.8 Å². The molecule has 2 bridgehead atoms. The van der Waals surface area contributed by atoms with Gasteiger partial charge in [0.25, 0.3) is 0 Å². The van der Waals surface area contributed by atoms with Crippen molar-refractivity contribution in [3.63, 3.8) is 0 Å². The number of nitrogens with one attached hydrogen (secondary N) is 1. The van der Waals surface area contributed by atoms with Crippen molar-refractivity contribution in [2.24, 2.45) is 0 Å². The van der Waals surface area contributed by atoms with Crippen molar-refractivity contribution in [1.29, 1.82) is 0 Å². The average Bonchev–Trinajstić information content (AvgIpc) is 2.42. The summed E-state index contributed by atoms with van der Waals surface area (Å²) in [5, 5.41) is 3.62. The number of nitrogens with zero attached hydrogens (tertiary/aromatic N) is 1. The molecule has 0 aliphatic carbocycles. The van der Waals surface area contributed by atoms with Crippen molar-refractivity contribution in [2.75, 3.05) is 7.05 Å². The molecule has 0 spiro atoms. The Hall–Kier alpha value is -0.500. The van der Waals surface area contributed by atoms with Crippen molar-refractivity contribution in [1.82, 2.24) is 10.2 Å². The van der Waals surface area contributed by atoms with Gasteiger partial charge in [0.05, 0.1) is 0 Å². The Balaban J connectivity index is 1.93. The van der Waals surface area contributed by atoms with Gasteiger partial charge in [-0.2, -0.15) is 0 Å². The number of piperidine rings is 1. The van der Waals surface area contributed by atoms with Crippen LogP contribution in [0, 0.1) is 0 Å². The van der Waals surface area contributed by atoms with E-state index < -0.39 is 0 Å². The largest absolute Gasteiger partial charge is 0.386 e. The summed E-state index contributed by atoms with van der Waals surface area (Å²) < 4.78 is 0. The molecule has 0 amide bonds. The maximum atomic E-state index is 3.62. The first-order valence-corrected chi connectivity index (χ1v) is 5.82. The molecule has 2 atom stereocenters. The predicted molar refractivity (Wildman–Crippen MR) is 60.2 cm³/mol. The second-order valence-electron chi connectivity index (χ2n) is 4.83. The molecule has 2 heterocycles. The molecule has 2 rings (SSSR count). The fourth-order valence-electron chi connectivity index (χ4n) is 2.93. The summed E-state index contributed by atoms with van der Waals surface area (Å²) in [6.45, 7) is 4.27. The molecule has 14 heavy (non-hydrogen) atoms. The van der Waals surface area contributed by atoms with Crippen molar-refractivity contribution in [2.45, 2.75) is 57.7 Å². The van der Waals surface area contributed by atoms with Crippen LogP contribution >= 0.6 is 0 Å². The first-order valence-electron chi connectivity index (χ1n) is 5.82. The normalized spacial score (nSPS) is 38.8. The highest BCUT2D eigenvalue weighted by molar-refractivity contribution is 5.01. The summed E-state index contributed by atoms with van der Waals surface area (Å²) >= 11 is 0. The summed E-state index contributed by atoms with van der Waals surface area (Å²) in [6, 6.07) is 2.41. The first-order chi connectivity index (χ1) is 6.70. The molecule has 2 saturated heterocycles. The van der Waals surface area contributed by atoms with E-state index in [2.05, 4.69) is 37.2 Å². The van der Waals surface area contributed by atoms with Gasteiger partial charge >= 0.3 is 0 Å². The molecule has 2 heteroatoms. The standard InChI is InChI=1S/C12H22N2/c1-4-9(2)13-10-7-11-5-6-12(8-10)14(11)3/h4,10-13H,5-8H2,1-3H3/b9-4+. The molecule has 2 fully saturated rings. The highest BCUT2D eigenvalue weighted by Gasteiger charge is 2.38. The summed E-state index contributed by atoms with van der Waals surface area (Å²) in [6.07, 6.45) is 7.65. The lowest BCUT2D eigenvalue weighted by Crippen LogP contribution is -2.46. The van der Waals surface area contributed by atoms with Crippen molar-refractivity contribution < 1.29 is 0 Å². The number of allylic oxidation sites excluding steroid dienone is 2. The molecule has 0 aromatic heterocycles. The molecular weight excluding hydrogens is 172 g/mol. The summed E-state index contributed by atoms with van der Waals surface area (Å²) in [5.41, 5.74) is 1.33. The van der Waals surface area contributed by atoms with E-state index in [-0.39, 0.29) is 0 Å². The third-order valence-corrected chi connectivity index (χ3v) is 3.96. The predicted octanol–water partition coefficient (Wildman–Crippen LogP) is 2.12. The highest BCUT2D eigenvalue weighted by Crippen LogP contribution is 2.34. The molecule has 0 aromatic carbocycles. The SMILES string of the molecule is C/C=C(\C)NC1CC2CCC(C1)N2C. The van der Waals surface area contributed by atoms with Crippen LogP contribution in [0.25, 0.3) is 0 Å². The van der Waals surface area contributed by atoms with Crippen LogP contribution < -0.4 is 5.32 Å². The Labute approximate surface area is 87.4 Å².